The minimum atomic E-state index is -0.223. The first kappa shape index (κ1) is 28.8. The number of rotatable bonds is 5. The van der Waals surface area contributed by atoms with Gasteiger partial charge in [-0.25, -0.2) is 0 Å². The van der Waals surface area contributed by atoms with Crippen LogP contribution in [0.1, 0.15) is 85.0 Å². The van der Waals surface area contributed by atoms with Crippen LogP contribution < -0.4 is 4.90 Å². The number of hydrogen-bond acceptors (Lipinski definition) is 4. The highest BCUT2D eigenvalue weighted by Crippen LogP contribution is 2.68. The Bertz CT molecular complexity index is 1080. The van der Waals surface area contributed by atoms with Gasteiger partial charge in [0.15, 0.2) is 0 Å². The quantitative estimate of drug-likeness (QED) is 0.430. The molecule has 4 saturated carbocycles. The highest BCUT2D eigenvalue weighted by atomic mass is 35.5. The molecule has 6 rings (SSSR count). The fraction of sp³-hybridized carbons (Fsp3) is 0.794. The molecule has 6 heteroatoms. The molecule has 1 aromatic carbocycles. The van der Waals surface area contributed by atoms with Crippen LogP contribution in [0.15, 0.2) is 24.3 Å². The van der Waals surface area contributed by atoms with Gasteiger partial charge in [-0.1, -0.05) is 38.4 Å². The number of amides is 1. The zero-order valence-electron chi connectivity index (χ0n) is 24.9. The van der Waals surface area contributed by atoms with Crippen LogP contribution in [0, 0.1) is 46.3 Å². The molecule has 0 aromatic heterocycles. The number of benzene rings is 1. The van der Waals surface area contributed by atoms with Gasteiger partial charge in [-0.2, -0.15) is 0 Å². The van der Waals surface area contributed by atoms with Crippen LogP contribution in [-0.4, -0.2) is 59.4 Å². The van der Waals surface area contributed by atoms with E-state index < -0.39 is 0 Å². The third kappa shape index (κ3) is 5.00. The minimum absolute atomic E-state index is 0.179. The number of carbonyl (C=O) groups excluding carboxylic acids is 1. The van der Waals surface area contributed by atoms with E-state index >= 15 is 0 Å². The summed E-state index contributed by atoms with van der Waals surface area (Å²) >= 11 is 6.19. The molecular weight excluding hydrogens is 520 g/mol. The molecule has 0 bridgehead atoms. The zero-order valence-corrected chi connectivity index (χ0v) is 25.7. The lowest BCUT2D eigenvalue weighted by molar-refractivity contribution is -0.174. The van der Waals surface area contributed by atoms with Gasteiger partial charge in [0.2, 0.25) is 5.91 Å². The Labute approximate surface area is 246 Å². The van der Waals surface area contributed by atoms with Crippen molar-refractivity contribution in [1.29, 1.82) is 0 Å². The van der Waals surface area contributed by atoms with Crippen LogP contribution in [0.25, 0.3) is 0 Å². The third-order valence-electron chi connectivity index (χ3n) is 13.0. The summed E-state index contributed by atoms with van der Waals surface area (Å²) in [6, 6.07) is 8.00. The van der Waals surface area contributed by atoms with Crippen molar-refractivity contribution in [2.75, 3.05) is 31.1 Å². The van der Waals surface area contributed by atoms with Gasteiger partial charge in [0.05, 0.1) is 12.2 Å². The number of piperazine rings is 1. The monoisotopic (exact) mass is 570 g/mol. The number of halogens is 1. The summed E-state index contributed by atoms with van der Waals surface area (Å²) in [5.74, 6) is 3.52. The number of fused-ring (bicyclic) bond motifs is 5. The first-order chi connectivity index (χ1) is 19.1. The number of aliphatic hydroxyl groups is 2. The van der Waals surface area contributed by atoms with E-state index in [0.717, 1.165) is 69.0 Å². The van der Waals surface area contributed by atoms with Gasteiger partial charge >= 0.3 is 0 Å². The molecule has 0 radical (unpaired) electrons. The molecule has 5 nitrogen and oxygen atoms in total. The molecule has 5 aliphatic rings. The second kappa shape index (κ2) is 11.1. The fourth-order valence-electron chi connectivity index (χ4n) is 10.8. The summed E-state index contributed by atoms with van der Waals surface area (Å²) in [5, 5.41) is 22.6. The maximum Gasteiger partial charge on any atom is 0.222 e. The lowest BCUT2D eigenvalue weighted by atomic mass is 9.43. The molecule has 0 spiro atoms. The molecule has 2 N–H and O–H groups in total. The highest BCUT2D eigenvalue weighted by Gasteiger charge is 2.62. The molecular formula is C34H51ClN2O3. The Morgan fingerprint density at radius 2 is 1.73 bits per heavy atom. The van der Waals surface area contributed by atoms with E-state index in [-0.39, 0.29) is 23.0 Å². The minimum Gasteiger partial charge on any atom is -0.393 e. The van der Waals surface area contributed by atoms with Gasteiger partial charge in [0.25, 0.3) is 0 Å². The van der Waals surface area contributed by atoms with E-state index in [4.69, 9.17) is 11.6 Å². The first-order valence-electron chi connectivity index (χ1n) is 16.2. The second-order valence-electron chi connectivity index (χ2n) is 14.8. The van der Waals surface area contributed by atoms with Crippen molar-refractivity contribution in [3.8, 4) is 0 Å². The molecule has 1 heterocycles. The topological polar surface area (TPSA) is 64.0 Å². The number of hydrogen-bond donors (Lipinski definition) is 2. The van der Waals surface area contributed by atoms with Crippen LogP contribution in [-0.2, 0) is 4.79 Å². The Balaban J connectivity index is 1.05. The van der Waals surface area contributed by atoms with Gasteiger partial charge in [-0.05, 0) is 122 Å². The average molecular weight is 571 g/mol. The maximum atomic E-state index is 13.2. The van der Waals surface area contributed by atoms with Crippen molar-refractivity contribution < 1.29 is 15.0 Å². The van der Waals surface area contributed by atoms with Crippen LogP contribution >= 0.6 is 11.6 Å². The van der Waals surface area contributed by atoms with Crippen molar-refractivity contribution in [2.24, 2.45) is 46.3 Å². The molecule has 5 fully saturated rings. The standard InChI is InChI=1S/C34H51ClN2O3/c1-22(7-10-31(40)37-17-15-36(16-18-37)25-6-4-5-24(35)21-25)27-8-9-28-32-29(12-14-34(27,28)3)33(2)13-11-26(38)19-23(33)20-30(32)39/h4-6,21-23,26-30,32,38-39H,7-20H2,1-3H3/t22-,23-,26-,27+,28-,29-,30+,32+,33+,34-/m1/s1. The first-order valence-corrected chi connectivity index (χ1v) is 16.6. The molecule has 222 valence electrons. The molecule has 10 atom stereocenters. The molecule has 0 unspecified atom stereocenters. The van der Waals surface area contributed by atoms with E-state index in [0.29, 0.717) is 47.8 Å². The number of nitrogens with zero attached hydrogens (tertiary/aromatic N) is 2. The average Bonchev–Trinajstić information content (AvgIpc) is 3.30. The second-order valence-corrected chi connectivity index (χ2v) is 15.3. The maximum absolute atomic E-state index is 13.2. The molecule has 1 aliphatic heterocycles. The predicted octanol–water partition coefficient (Wildman–Crippen LogP) is 6.40. The van der Waals surface area contributed by atoms with Crippen LogP contribution in [0.3, 0.4) is 0 Å². The van der Waals surface area contributed by atoms with E-state index in [1.54, 1.807) is 0 Å². The van der Waals surface area contributed by atoms with Gasteiger partial charge < -0.3 is 20.0 Å². The molecule has 1 amide bonds. The number of aliphatic hydroxyl groups excluding tert-OH is 2. The van der Waals surface area contributed by atoms with E-state index in [9.17, 15) is 15.0 Å². The Morgan fingerprint density at radius 1 is 1.00 bits per heavy atom. The SMILES string of the molecule is C[C@H](CCC(=O)N1CCN(c2cccc(Cl)c2)CC1)[C@@H]1CC[C@@H]2[C@H]3[C@@H](CC[C@@]21C)[C@@]1(C)CC[C@@H](O)C[C@@H]1C[C@@H]3O. The lowest BCUT2D eigenvalue weighted by Crippen LogP contribution is -2.58. The van der Waals surface area contributed by atoms with Crippen molar-refractivity contribution in [1.82, 2.24) is 4.90 Å². The lowest BCUT2D eigenvalue weighted by Gasteiger charge is -2.62. The van der Waals surface area contributed by atoms with E-state index in [1.165, 1.54) is 25.7 Å². The highest BCUT2D eigenvalue weighted by molar-refractivity contribution is 6.30. The van der Waals surface area contributed by atoms with Crippen molar-refractivity contribution in [2.45, 2.75) is 97.2 Å². The van der Waals surface area contributed by atoms with Crippen LogP contribution in [0.2, 0.25) is 5.02 Å². The van der Waals surface area contributed by atoms with Crippen LogP contribution in [0.5, 0.6) is 0 Å². The van der Waals surface area contributed by atoms with Crippen molar-refractivity contribution in [3.05, 3.63) is 29.3 Å². The smallest absolute Gasteiger partial charge is 0.222 e. The molecule has 4 aliphatic carbocycles. The predicted molar refractivity (Wildman–Crippen MR) is 161 cm³/mol. The third-order valence-corrected chi connectivity index (χ3v) is 13.3. The van der Waals surface area contributed by atoms with Crippen LogP contribution in [0.4, 0.5) is 5.69 Å². The molecule has 1 saturated heterocycles. The van der Waals surface area contributed by atoms with Gasteiger partial charge in [0.1, 0.15) is 0 Å². The molecule has 40 heavy (non-hydrogen) atoms. The van der Waals surface area contributed by atoms with E-state index in [1.807, 2.05) is 18.2 Å². The Hall–Kier alpha value is -1.30. The largest absolute Gasteiger partial charge is 0.393 e. The zero-order chi connectivity index (χ0) is 28.2. The normalized spacial score (nSPS) is 42.1. The summed E-state index contributed by atoms with van der Waals surface area (Å²) in [5.41, 5.74) is 1.68. The summed E-state index contributed by atoms with van der Waals surface area (Å²) in [6.45, 7) is 10.7. The number of anilines is 1. The Kier molecular flexibility index (Phi) is 7.98. The molecule has 1 aromatic rings. The summed E-state index contributed by atoms with van der Waals surface area (Å²) in [6.07, 6.45) is 9.95. The van der Waals surface area contributed by atoms with Gasteiger partial charge in [-0.15, -0.1) is 0 Å². The van der Waals surface area contributed by atoms with Gasteiger partial charge in [0, 0.05) is 43.3 Å². The number of carbonyl (C=O) groups is 1. The fourth-order valence-corrected chi connectivity index (χ4v) is 11.0. The van der Waals surface area contributed by atoms with E-state index in [2.05, 4.69) is 36.6 Å². The van der Waals surface area contributed by atoms with Crippen molar-refractivity contribution >= 4 is 23.2 Å². The Morgan fingerprint density at radius 3 is 2.48 bits per heavy atom. The van der Waals surface area contributed by atoms with Crippen molar-refractivity contribution in [3.63, 3.8) is 0 Å². The summed E-state index contributed by atoms with van der Waals surface area (Å²) in [4.78, 5) is 17.6. The summed E-state index contributed by atoms with van der Waals surface area (Å²) < 4.78 is 0. The van der Waals surface area contributed by atoms with Gasteiger partial charge in [-0.3, -0.25) is 4.79 Å². The summed E-state index contributed by atoms with van der Waals surface area (Å²) in [7, 11) is 0.